The van der Waals surface area contributed by atoms with Crippen molar-refractivity contribution in [3.05, 3.63) is 0 Å². The van der Waals surface area contributed by atoms with Gasteiger partial charge in [-0.1, -0.05) is 20.8 Å². The Morgan fingerprint density at radius 2 is 1.38 bits per heavy atom. The lowest BCUT2D eigenvalue weighted by Crippen LogP contribution is -2.45. The molecule has 0 aromatic heterocycles. The minimum atomic E-state index is -1.85. The number of aliphatic hydroxyl groups is 1. The molecule has 126 valence electrons. The number of esters is 2. The minimum absolute atomic E-state index is 0.120. The number of rotatable bonds is 4. The maximum Gasteiger partial charge on any atom is 0.334 e. The van der Waals surface area contributed by atoms with Crippen LogP contribution in [0.2, 0.25) is 18.1 Å². The Labute approximate surface area is 128 Å². The Balaban J connectivity index is 0. The number of carbonyl (C=O) groups excluding carboxylic acids is 2. The zero-order valence-electron chi connectivity index (χ0n) is 14.6. The van der Waals surface area contributed by atoms with Crippen molar-refractivity contribution >= 4 is 20.3 Å². The first-order chi connectivity index (χ1) is 9.30. The second kappa shape index (κ2) is 9.17. The van der Waals surface area contributed by atoms with Gasteiger partial charge in [-0.25, -0.2) is 9.59 Å². The van der Waals surface area contributed by atoms with E-state index in [4.69, 9.17) is 9.53 Å². The van der Waals surface area contributed by atoms with E-state index >= 15 is 0 Å². The van der Waals surface area contributed by atoms with Crippen LogP contribution in [0.3, 0.4) is 0 Å². The van der Waals surface area contributed by atoms with Gasteiger partial charge >= 0.3 is 11.9 Å². The molecule has 0 rings (SSSR count). The quantitative estimate of drug-likeness (QED) is 0.630. The van der Waals surface area contributed by atoms with Crippen molar-refractivity contribution in [3.8, 4) is 0 Å². The van der Waals surface area contributed by atoms with Gasteiger partial charge in [0.05, 0.1) is 14.2 Å². The zero-order valence-corrected chi connectivity index (χ0v) is 15.6. The van der Waals surface area contributed by atoms with Crippen LogP contribution >= 0.6 is 0 Å². The van der Waals surface area contributed by atoms with Gasteiger partial charge in [0, 0.05) is 0 Å². The number of hydrogen-bond donors (Lipinski definition) is 1. The summed E-state index contributed by atoms with van der Waals surface area (Å²) in [7, 11) is 0.766. The molecule has 0 amide bonds. The van der Waals surface area contributed by atoms with E-state index in [9.17, 15) is 9.59 Å². The lowest BCUT2D eigenvalue weighted by molar-refractivity contribution is -0.149. The van der Waals surface area contributed by atoms with Crippen LogP contribution in [0.1, 0.15) is 34.6 Å². The van der Waals surface area contributed by atoms with Crippen molar-refractivity contribution in [2.24, 2.45) is 0 Å². The average Bonchev–Trinajstić information content (AvgIpc) is 2.35. The van der Waals surface area contributed by atoms with E-state index in [1.54, 1.807) is 6.92 Å². The predicted molar refractivity (Wildman–Crippen MR) is 83.5 cm³/mol. The molecule has 0 radical (unpaired) electrons. The van der Waals surface area contributed by atoms with Crippen molar-refractivity contribution in [1.82, 2.24) is 0 Å². The summed E-state index contributed by atoms with van der Waals surface area (Å²) in [6.45, 7) is 13.8. The molecule has 1 N–H and O–H groups in total. The molecular weight excluding hydrogens is 292 g/mol. The van der Waals surface area contributed by atoms with Gasteiger partial charge in [-0.3, -0.25) is 0 Å². The van der Waals surface area contributed by atoms with E-state index in [2.05, 4.69) is 43.3 Å². The molecule has 0 unspecified atom stereocenters. The number of carbonyl (C=O) groups is 2. The Hall–Kier alpha value is -0.923. The first-order valence-electron chi connectivity index (χ1n) is 6.81. The van der Waals surface area contributed by atoms with Gasteiger partial charge in [0.15, 0.2) is 8.32 Å². The molecule has 21 heavy (non-hydrogen) atoms. The van der Waals surface area contributed by atoms with E-state index < -0.39 is 26.5 Å². The van der Waals surface area contributed by atoms with E-state index in [0.717, 1.165) is 0 Å². The second-order valence-corrected chi connectivity index (χ2v) is 11.0. The van der Waals surface area contributed by atoms with Gasteiger partial charge in [0.1, 0.15) is 12.2 Å². The van der Waals surface area contributed by atoms with Crippen LogP contribution in [-0.4, -0.2) is 51.8 Å². The summed E-state index contributed by atoms with van der Waals surface area (Å²) in [5.74, 6) is -0.894. The average molecular weight is 322 g/mol. The Morgan fingerprint density at radius 1 is 1.00 bits per heavy atom. The van der Waals surface area contributed by atoms with Gasteiger partial charge < -0.3 is 19.0 Å². The zero-order chi connectivity index (χ0) is 17.4. The second-order valence-electron chi connectivity index (χ2n) is 6.24. The molecule has 2 atom stereocenters. The Kier molecular flexibility index (Phi) is 9.76. The highest BCUT2D eigenvalue weighted by atomic mass is 28.4. The molecule has 0 aliphatic rings. The minimum Gasteiger partial charge on any atom is -0.467 e. The first-order valence-corrected chi connectivity index (χ1v) is 9.72. The molecule has 0 fully saturated rings. The smallest absolute Gasteiger partial charge is 0.334 e. The maximum atomic E-state index is 11.2. The number of methoxy groups -OCH3 is 2. The standard InChI is InChI=1S/C10H22O3Si.C4H8O3/c1-8(9(11)12-5)13-14(6,7)10(2,3)4;1-3(5)4(6)7-2/h8H,1-7H3;3,5H,1-2H3/t8-;3-/m00/s1. The number of ether oxygens (including phenoxy) is 2. The van der Waals surface area contributed by atoms with Crippen molar-refractivity contribution in [2.75, 3.05) is 14.2 Å². The lowest BCUT2D eigenvalue weighted by Gasteiger charge is -2.37. The van der Waals surface area contributed by atoms with Crippen molar-refractivity contribution < 1.29 is 28.6 Å². The molecule has 0 spiro atoms. The van der Waals surface area contributed by atoms with E-state index in [0.29, 0.717) is 0 Å². The molecular formula is C14H30O6Si. The van der Waals surface area contributed by atoms with Crippen LogP contribution in [0.25, 0.3) is 0 Å². The molecule has 0 bridgehead atoms. The van der Waals surface area contributed by atoms with Gasteiger partial charge in [-0.2, -0.15) is 0 Å². The maximum absolute atomic E-state index is 11.2. The number of hydrogen-bond acceptors (Lipinski definition) is 6. The van der Waals surface area contributed by atoms with Gasteiger partial charge in [-0.05, 0) is 32.0 Å². The molecule has 0 saturated heterocycles. The Morgan fingerprint density at radius 3 is 1.57 bits per heavy atom. The van der Waals surface area contributed by atoms with E-state index in [1.807, 2.05) is 0 Å². The monoisotopic (exact) mass is 322 g/mol. The van der Waals surface area contributed by atoms with Crippen LogP contribution in [0.15, 0.2) is 0 Å². The first kappa shape index (κ1) is 22.4. The molecule has 0 aromatic carbocycles. The van der Waals surface area contributed by atoms with Crippen LogP contribution in [0.5, 0.6) is 0 Å². The molecule has 0 aliphatic heterocycles. The van der Waals surface area contributed by atoms with E-state index in [1.165, 1.54) is 21.1 Å². The molecule has 0 aliphatic carbocycles. The van der Waals surface area contributed by atoms with Crippen LogP contribution in [0, 0.1) is 0 Å². The summed E-state index contributed by atoms with van der Waals surface area (Å²) < 4.78 is 14.6. The summed E-state index contributed by atoms with van der Waals surface area (Å²) in [5.41, 5.74) is 0. The third-order valence-corrected chi connectivity index (χ3v) is 7.91. The molecule has 7 heteroatoms. The summed E-state index contributed by atoms with van der Waals surface area (Å²) in [4.78, 5) is 21.2. The lowest BCUT2D eigenvalue weighted by atomic mass is 10.2. The SMILES string of the molecule is COC(=O)[C@H](C)O.COC(=O)[C@H](C)O[Si](C)(C)C(C)(C)C. The highest BCUT2D eigenvalue weighted by Crippen LogP contribution is 2.37. The fourth-order valence-corrected chi connectivity index (χ4v) is 2.34. The van der Waals surface area contributed by atoms with E-state index in [-0.39, 0.29) is 11.0 Å². The summed E-state index contributed by atoms with van der Waals surface area (Å²) >= 11 is 0. The summed E-state index contributed by atoms with van der Waals surface area (Å²) in [6.07, 6.45) is -1.45. The third-order valence-electron chi connectivity index (χ3n) is 3.35. The molecule has 0 heterocycles. The largest absolute Gasteiger partial charge is 0.467 e. The number of aliphatic hydroxyl groups excluding tert-OH is 1. The Bertz CT molecular complexity index is 333. The fraction of sp³-hybridized carbons (Fsp3) is 0.857. The molecule has 0 aromatic rings. The summed E-state index contributed by atoms with van der Waals surface area (Å²) in [6, 6.07) is 0. The molecule has 6 nitrogen and oxygen atoms in total. The van der Waals surface area contributed by atoms with Gasteiger partial charge in [0.25, 0.3) is 0 Å². The van der Waals surface area contributed by atoms with Gasteiger partial charge in [-0.15, -0.1) is 0 Å². The van der Waals surface area contributed by atoms with Crippen molar-refractivity contribution in [1.29, 1.82) is 0 Å². The predicted octanol–water partition coefficient (Wildman–Crippen LogP) is 2.11. The van der Waals surface area contributed by atoms with Crippen molar-refractivity contribution in [3.63, 3.8) is 0 Å². The normalized spacial score (nSPS) is 14.4. The van der Waals surface area contributed by atoms with Crippen LogP contribution in [0.4, 0.5) is 0 Å². The van der Waals surface area contributed by atoms with Gasteiger partial charge in [0.2, 0.25) is 0 Å². The topological polar surface area (TPSA) is 82.1 Å². The highest BCUT2D eigenvalue weighted by Gasteiger charge is 2.39. The molecule has 0 saturated carbocycles. The summed E-state index contributed by atoms with van der Waals surface area (Å²) in [5, 5.41) is 8.47. The van der Waals surface area contributed by atoms with Crippen LogP contribution < -0.4 is 0 Å². The van der Waals surface area contributed by atoms with Crippen molar-refractivity contribution in [2.45, 2.75) is 65.0 Å². The van der Waals surface area contributed by atoms with Crippen LogP contribution in [-0.2, 0) is 23.5 Å². The highest BCUT2D eigenvalue weighted by molar-refractivity contribution is 6.74. The third kappa shape index (κ3) is 8.85. The fourth-order valence-electron chi connectivity index (χ4n) is 1.00.